The van der Waals surface area contributed by atoms with Gasteiger partial charge in [0.1, 0.15) is 17.7 Å². The molecule has 2 rings (SSSR count). The molecule has 0 saturated heterocycles. The zero-order chi connectivity index (χ0) is 18.9. The summed E-state index contributed by atoms with van der Waals surface area (Å²) in [5.74, 6) is -1.14. The minimum Gasteiger partial charge on any atom is -0.385 e. The molecule has 0 aliphatic carbocycles. The van der Waals surface area contributed by atoms with Crippen molar-refractivity contribution in [1.29, 1.82) is 5.26 Å². The second-order valence-electron chi connectivity index (χ2n) is 5.85. The lowest BCUT2D eigenvalue weighted by atomic mass is 9.95. The lowest BCUT2D eigenvalue weighted by molar-refractivity contribution is 0.191. The van der Waals surface area contributed by atoms with Gasteiger partial charge in [0, 0.05) is 31.4 Å². The molecule has 0 fully saturated rings. The van der Waals surface area contributed by atoms with Crippen LogP contribution in [0.1, 0.15) is 36.4 Å². The van der Waals surface area contributed by atoms with Crippen molar-refractivity contribution in [2.75, 3.05) is 19.0 Å². The van der Waals surface area contributed by atoms with Crippen molar-refractivity contribution in [2.24, 2.45) is 5.73 Å². The zero-order valence-corrected chi connectivity index (χ0v) is 14.5. The number of methoxy groups -OCH3 is 1. The maximum absolute atomic E-state index is 14.3. The van der Waals surface area contributed by atoms with E-state index in [1.807, 2.05) is 6.07 Å². The van der Waals surface area contributed by atoms with E-state index in [0.717, 1.165) is 18.9 Å². The number of aromatic nitrogens is 2. The Labute approximate surface area is 151 Å². The van der Waals surface area contributed by atoms with E-state index in [-0.39, 0.29) is 11.5 Å². The highest BCUT2D eigenvalue weighted by molar-refractivity contribution is 5.36. The molecule has 26 heavy (non-hydrogen) atoms. The number of nitrogens with zero attached hydrogens (tertiary/aromatic N) is 3. The Kier molecular flexibility index (Phi) is 7.38. The summed E-state index contributed by atoms with van der Waals surface area (Å²) in [5.41, 5.74) is 6.82. The molecule has 3 N–H and O–H groups in total. The van der Waals surface area contributed by atoms with Crippen molar-refractivity contribution in [2.45, 2.75) is 31.3 Å². The molecule has 2 unspecified atom stereocenters. The van der Waals surface area contributed by atoms with Crippen molar-refractivity contribution in [3.63, 3.8) is 0 Å². The average molecular weight is 361 g/mol. The van der Waals surface area contributed by atoms with E-state index in [0.29, 0.717) is 18.6 Å². The van der Waals surface area contributed by atoms with Crippen LogP contribution in [0.4, 0.5) is 14.7 Å². The van der Waals surface area contributed by atoms with Crippen molar-refractivity contribution >= 4 is 5.95 Å². The number of hydrogen-bond acceptors (Lipinski definition) is 6. The number of hydrogen-bond donors (Lipinski definition) is 2. The molecule has 6 nitrogen and oxygen atoms in total. The molecule has 0 aliphatic heterocycles. The predicted molar refractivity (Wildman–Crippen MR) is 93.2 cm³/mol. The maximum atomic E-state index is 14.3. The number of benzene rings is 1. The highest BCUT2D eigenvalue weighted by Gasteiger charge is 2.24. The van der Waals surface area contributed by atoms with Crippen LogP contribution in [-0.4, -0.2) is 29.7 Å². The van der Waals surface area contributed by atoms with Gasteiger partial charge in [0.25, 0.3) is 0 Å². The summed E-state index contributed by atoms with van der Waals surface area (Å²) in [6.45, 7) is 0.620. The van der Waals surface area contributed by atoms with Crippen LogP contribution in [-0.2, 0) is 4.74 Å². The van der Waals surface area contributed by atoms with Crippen LogP contribution >= 0.6 is 0 Å². The lowest BCUT2D eigenvalue weighted by Crippen LogP contribution is -2.34. The fraction of sp³-hybridized carbons (Fsp3) is 0.389. The van der Waals surface area contributed by atoms with Crippen LogP contribution in [0.2, 0.25) is 0 Å². The number of halogens is 2. The largest absolute Gasteiger partial charge is 0.385 e. The van der Waals surface area contributed by atoms with E-state index in [4.69, 9.17) is 15.7 Å². The molecule has 0 saturated carbocycles. The van der Waals surface area contributed by atoms with Gasteiger partial charge in [-0.05, 0) is 25.3 Å². The smallest absolute Gasteiger partial charge is 0.223 e. The zero-order valence-electron chi connectivity index (χ0n) is 14.5. The van der Waals surface area contributed by atoms with Crippen LogP contribution in [0.3, 0.4) is 0 Å². The molecule has 2 atom stereocenters. The number of anilines is 1. The number of nitrogens with one attached hydrogen (secondary N) is 1. The average Bonchev–Trinajstić information content (AvgIpc) is 2.64. The number of nitriles is 1. The van der Waals surface area contributed by atoms with E-state index < -0.39 is 23.7 Å². The van der Waals surface area contributed by atoms with Gasteiger partial charge in [-0.15, -0.1) is 0 Å². The molecule has 0 bridgehead atoms. The van der Waals surface area contributed by atoms with Gasteiger partial charge in [-0.3, -0.25) is 0 Å². The topological polar surface area (TPSA) is 96.9 Å². The maximum Gasteiger partial charge on any atom is 0.223 e. The van der Waals surface area contributed by atoms with Crippen LogP contribution in [0.15, 0.2) is 30.6 Å². The number of nitrogens with two attached hydrogens (primary N) is 1. The molecular formula is C18H21F2N5O. The summed E-state index contributed by atoms with van der Waals surface area (Å²) >= 11 is 0. The van der Waals surface area contributed by atoms with Gasteiger partial charge in [0.2, 0.25) is 5.95 Å². The third-order valence-electron chi connectivity index (χ3n) is 3.93. The second kappa shape index (κ2) is 9.75. The SMILES string of the molecule is COCCCCC(N)C(Nc1ncc(C#N)cn1)c1ccc(F)cc1F. The van der Waals surface area contributed by atoms with Gasteiger partial charge >= 0.3 is 0 Å². The standard InChI is InChI=1S/C18H21F2N5O/c1-26-7-3-2-4-16(22)17(14-6-5-13(19)8-15(14)20)25-18-23-10-12(9-21)11-24-18/h5-6,8,10-11,16-17H,2-4,7,22H2,1H3,(H,23,24,25). The minimum atomic E-state index is -0.691. The Morgan fingerprint density at radius 3 is 2.62 bits per heavy atom. The van der Waals surface area contributed by atoms with Gasteiger partial charge in [-0.25, -0.2) is 18.7 Å². The van der Waals surface area contributed by atoms with Crippen molar-refractivity contribution in [1.82, 2.24) is 9.97 Å². The first-order chi connectivity index (χ1) is 12.5. The van der Waals surface area contributed by atoms with Crippen LogP contribution in [0.5, 0.6) is 0 Å². The summed E-state index contributed by atoms with van der Waals surface area (Å²) < 4.78 is 32.5. The minimum absolute atomic E-state index is 0.213. The predicted octanol–water partition coefficient (Wildman–Crippen LogP) is 2.92. The fourth-order valence-corrected chi connectivity index (χ4v) is 2.56. The molecule has 0 amide bonds. The van der Waals surface area contributed by atoms with Gasteiger partial charge in [0.15, 0.2) is 0 Å². The summed E-state index contributed by atoms with van der Waals surface area (Å²) in [6.07, 6.45) is 4.95. The third-order valence-corrected chi connectivity index (χ3v) is 3.93. The quantitative estimate of drug-likeness (QED) is 0.667. The van der Waals surface area contributed by atoms with E-state index in [2.05, 4.69) is 15.3 Å². The van der Waals surface area contributed by atoms with E-state index in [1.54, 1.807) is 7.11 Å². The molecule has 2 aromatic rings. The molecule has 0 aliphatic rings. The molecule has 1 aromatic heterocycles. The molecule has 0 spiro atoms. The summed E-state index contributed by atoms with van der Waals surface area (Å²) in [5, 5.41) is 11.8. The van der Waals surface area contributed by atoms with Crippen molar-refractivity contribution in [3.05, 3.63) is 53.4 Å². The molecule has 0 radical (unpaired) electrons. The van der Waals surface area contributed by atoms with Crippen LogP contribution < -0.4 is 11.1 Å². The first-order valence-electron chi connectivity index (χ1n) is 8.23. The van der Waals surface area contributed by atoms with Crippen molar-refractivity contribution < 1.29 is 13.5 Å². The van der Waals surface area contributed by atoms with E-state index in [1.165, 1.54) is 24.5 Å². The molecular weight excluding hydrogens is 340 g/mol. The molecule has 8 heteroatoms. The number of rotatable bonds is 9. The summed E-state index contributed by atoms with van der Waals surface area (Å²) in [6, 6.07) is 4.19. The first-order valence-corrected chi connectivity index (χ1v) is 8.23. The van der Waals surface area contributed by atoms with Crippen molar-refractivity contribution in [3.8, 4) is 6.07 Å². The Morgan fingerprint density at radius 2 is 2.00 bits per heavy atom. The van der Waals surface area contributed by atoms with Crippen LogP contribution in [0.25, 0.3) is 0 Å². The Balaban J connectivity index is 2.20. The normalized spacial score (nSPS) is 13.0. The fourth-order valence-electron chi connectivity index (χ4n) is 2.56. The van der Waals surface area contributed by atoms with E-state index in [9.17, 15) is 8.78 Å². The number of unbranched alkanes of at least 4 members (excludes halogenated alkanes) is 1. The van der Waals surface area contributed by atoms with Gasteiger partial charge in [-0.1, -0.05) is 6.07 Å². The van der Waals surface area contributed by atoms with Crippen LogP contribution in [0, 0.1) is 23.0 Å². The highest BCUT2D eigenvalue weighted by atomic mass is 19.1. The Morgan fingerprint density at radius 1 is 1.27 bits per heavy atom. The second-order valence-corrected chi connectivity index (χ2v) is 5.85. The highest BCUT2D eigenvalue weighted by Crippen LogP contribution is 2.26. The monoisotopic (exact) mass is 361 g/mol. The molecule has 138 valence electrons. The van der Waals surface area contributed by atoms with Gasteiger partial charge in [0.05, 0.1) is 24.0 Å². The molecule has 1 aromatic carbocycles. The van der Waals surface area contributed by atoms with E-state index >= 15 is 0 Å². The Bertz CT molecular complexity index is 748. The Hall–Kier alpha value is -2.63. The number of ether oxygens (including phenoxy) is 1. The lowest BCUT2D eigenvalue weighted by Gasteiger charge is -2.26. The molecule has 1 heterocycles. The summed E-state index contributed by atoms with van der Waals surface area (Å²) in [4.78, 5) is 8.07. The van der Waals surface area contributed by atoms with Gasteiger partial charge < -0.3 is 15.8 Å². The first kappa shape index (κ1) is 19.7. The third kappa shape index (κ3) is 5.44. The van der Waals surface area contributed by atoms with Gasteiger partial charge in [-0.2, -0.15) is 5.26 Å². The summed E-state index contributed by atoms with van der Waals surface area (Å²) in [7, 11) is 1.63.